The van der Waals surface area contributed by atoms with Crippen LogP contribution in [0.2, 0.25) is 19.6 Å². The van der Waals surface area contributed by atoms with Gasteiger partial charge in [-0.2, -0.15) is 0 Å². The number of hydrogen-bond donors (Lipinski definition) is 0. The Hall–Kier alpha value is -0.323. The lowest BCUT2D eigenvalue weighted by molar-refractivity contribution is 0.555. The highest BCUT2D eigenvalue weighted by Crippen LogP contribution is 2.35. The lowest BCUT2D eigenvalue weighted by Crippen LogP contribution is -2.29. The molecular formula is C13H14Br2OSi. The third-order valence-corrected chi connectivity index (χ3v) is 4.44. The Kier molecular flexibility index (Phi) is 3.66. The SMILES string of the molecule is C[Si](C)(C)Oc1ccc2cc(Br)ccc2c1Br. The normalized spacial score (nSPS) is 11.8. The zero-order chi connectivity index (χ0) is 12.6. The number of benzene rings is 2. The molecule has 0 amide bonds. The van der Waals surface area contributed by atoms with Gasteiger partial charge in [-0.25, -0.2) is 0 Å². The third kappa shape index (κ3) is 3.12. The highest BCUT2D eigenvalue weighted by atomic mass is 79.9. The first kappa shape index (κ1) is 13.1. The van der Waals surface area contributed by atoms with Gasteiger partial charge in [-0.3, -0.25) is 0 Å². The maximum Gasteiger partial charge on any atom is 0.242 e. The monoisotopic (exact) mass is 372 g/mol. The van der Waals surface area contributed by atoms with E-state index < -0.39 is 8.32 Å². The van der Waals surface area contributed by atoms with Gasteiger partial charge in [0.25, 0.3) is 0 Å². The summed E-state index contributed by atoms with van der Waals surface area (Å²) in [5, 5.41) is 2.39. The largest absolute Gasteiger partial charge is 0.544 e. The summed E-state index contributed by atoms with van der Waals surface area (Å²) in [6.07, 6.45) is 0. The van der Waals surface area contributed by atoms with Gasteiger partial charge in [0.1, 0.15) is 5.75 Å². The summed E-state index contributed by atoms with van der Waals surface area (Å²) in [5.74, 6) is 0.944. The quantitative estimate of drug-likeness (QED) is 0.624. The van der Waals surface area contributed by atoms with Crippen molar-refractivity contribution in [2.45, 2.75) is 19.6 Å². The van der Waals surface area contributed by atoms with Crippen LogP contribution in [0.3, 0.4) is 0 Å². The van der Waals surface area contributed by atoms with Crippen LogP contribution in [0.5, 0.6) is 5.75 Å². The molecule has 0 bridgehead atoms. The summed E-state index contributed by atoms with van der Waals surface area (Å²) in [5.41, 5.74) is 0. The van der Waals surface area contributed by atoms with Crippen molar-refractivity contribution in [1.82, 2.24) is 0 Å². The molecule has 2 aromatic carbocycles. The van der Waals surface area contributed by atoms with E-state index in [1.54, 1.807) is 0 Å². The van der Waals surface area contributed by atoms with E-state index in [0.29, 0.717) is 0 Å². The lowest BCUT2D eigenvalue weighted by atomic mass is 10.1. The minimum Gasteiger partial charge on any atom is -0.544 e. The highest BCUT2D eigenvalue weighted by Gasteiger charge is 2.18. The van der Waals surface area contributed by atoms with Gasteiger partial charge in [-0.15, -0.1) is 0 Å². The van der Waals surface area contributed by atoms with Gasteiger partial charge in [0, 0.05) is 4.47 Å². The highest BCUT2D eigenvalue weighted by molar-refractivity contribution is 9.11. The summed E-state index contributed by atoms with van der Waals surface area (Å²) in [4.78, 5) is 0. The van der Waals surface area contributed by atoms with Gasteiger partial charge in [0.2, 0.25) is 8.32 Å². The van der Waals surface area contributed by atoms with E-state index >= 15 is 0 Å². The number of halogens is 2. The summed E-state index contributed by atoms with van der Waals surface area (Å²) < 4.78 is 8.19. The molecule has 0 spiro atoms. The maximum atomic E-state index is 6.05. The molecule has 90 valence electrons. The molecule has 0 heterocycles. The van der Waals surface area contributed by atoms with E-state index in [2.05, 4.69) is 69.7 Å². The second-order valence-electron chi connectivity index (χ2n) is 4.96. The summed E-state index contributed by atoms with van der Waals surface area (Å²) in [6, 6.07) is 10.4. The molecular weight excluding hydrogens is 360 g/mol. The molecule has 0 aliphatic heterocycles. The molecule has 0 atom stereocenters. The Morgan fingerprint density at radius 3 is 2.35 bits per heavy atom. The van der Waals surface area contributed by atoms with E-state index in [4.69, 9.17) is 4.43 Å². The average molecular weight is 374 g/mol. The van der Waals surface area contributed by atoms with Crippen LogP contribution < -0.4 is 4.43 Å². The van der Waals surface area contributed by atoms with Gasteiger partial charge in [0.05, 0.1) is 4.47 Å². The molecule has 0 aliphatic rings. The van der Waals surface area contributed by atoms with E-state index in [1.165, 1.54) is 10.8 Å². The summed E-state index contributed by atoms with van der Waals surface area (Å²) in [7, 11) is -1.57. The maximum absolute atomic E-state index is 6.05. The molecule has 17 heavy (non-hydrogen) atoms. The number of hydrogen-bond acceptors (Lipinski definition) is 1. The zero-order valence-electron chi connectivity index (χ0n) is 10.1. The van der Waals surface area contributed by atoms with Crippen molar-refractivity contribution in [3.63, 3.8) is 0 Å². The van der Waals surface area contributed by atoms with Crippen LogP contribution in [-0.2, 0) is 0 Å². The molecule has 0 saturated heterocycles. The summed E-state index contributed by atoms with van der Waals surface area (Å²) in [6.45, 7) is 6.56. The van der Waals surface area contributed by atoms with Crippen LogP contribution in [0, 0.1) is 0 Å². The van der Waals surface area contributed by atoms with E-state index in [0.717, 1.165) is 14.7 Å². The van der Waals surface area contributed by atoms with Crippen LogP contribution in [0.1, 0.15) is 0 Å². The minimum absolute atomic E-state index is 0.944. The van der Waals surface area contributed by atoms with Crippen molar-refractivity contribution < 1.29 is 4.43 Å². The minimum atomic E-state index is -1.57. The molecule has 2 aromatic rings. The van der Waals surface area contributed by atoms with Crippen molar-refractivity contribution in [3.05, 3.63) is 39.3 Å². The van der Waals surface area contributed by atoms with Crippen LogP contribution >= 0.6 is 31.9 Å². The van der Waals surface area contributed by atoms with E-state index in [1.807, 2.05) is 12.1 Å². The fraction of sp³-hybridized carbons (Fsp3) is 0.231. The zero-order valence-corrected chi connectivity index (χ0v) is 14.2. The van der Waals surface area contributed by atoms with Crippen molar-refractivity contribution in [2.75, 3.05) is 0 Å². The Balaban J connectivity index is 2.54. The molecule has 2 rings (SSSR count). The number of rotatable bonds is 2. The molecule has 0 fully saturated rings. The van der Waals surface area contributed by atoms with Crippen LogP contribution in [-0.4, -0.2) is 8.32 Å². The average Bonchev–Trinajstić information content (AvgIpc) is 2.20. The lowest BCUT2D eigenvalue weighted by Gasteiger charge is -2.21. The van der Waals surface area contributed by atoms with Crippen molar-refractivity contribution in [2.24, 2.45) is 0 Å². The van der Waals surface area contributed by atoms with Crippen LogP contribution in [0.25, 0.3) is 10.8 Å². The Morgan fingerprint density at radius 2 is 1.71 bits per heavy atom. The van der Waals surface area contributed by atoms with Crippen molar-refractivity contribution >= 4 is 50.9 Å². The van der Waals surface area contributed by atoms with Crippen molar-refractivity contribution in [3.8, 4) is 5.75 Å². The molecule has 0 aromatic heterocycles. The molecule has 0 radical (unpaired) electrons. The Labute approximate surface area is 120 Å². The molecule has 0 N–H and O–H groups in total. The smallest absolute Gasteiger partial charge is 0.242 e. The van der Waals surface area contributed by atoms with Gasteiger partial charge >= 0.3 is 0 Å². The Morgan fingerprint density at radius 1 is 1.00 bits per heavy atom. The Bertz CT molecular complexity index is 561. The predicted molar refractivity (Wildman–Crippen MR) is 83.3 cm³/mol. The second kappa shape index (κ2) is 4.75. The number of fused-ring (bicyclic) bond motifs is 1. The first-order valence-electron chi connectivity index (χ1n) is 5.43. The first-order valence-corrected chi connectivity index (χ1v) is 10.4. The van der Waals surface area contributed by atoms with E-state index in [9.17, 15) is 0 Å². The van der Waals surface area contributed by atoms with Gasteiger partial charge < -0.3 is 4.43 Å². The first-order chi connectivity index (χ1) is 7.87. The van der Waals surface area contributed by atoms with Crippen LogP contribution in [0.4, 0.5) is 0 Å². The van der Waals surface area contributed by atoms with Gasteiger partial charge in [-0.05, 0) is 64.5 Å². The molecule has 1 nitrogen and oxygen atoms in total. The van der Waals surface area contributed by atoms with Gasteiger partial charge in [-0.1, -0.05) is 28.1 Å². The fourth-order valence-corrected chi connectivity index (χ4v) is 3.58. The standard InChI is InChI=1S/C13H14Br2OSi/c1-17(2,3)16-12-7-4-9-8-10(14)5-6-11(9)13(12)15/h4-8H,1-3H3. The third-order valence-electron chi connectivity index (χ3n) is 2.30. The predicted octanol–water partition coefficient (Wildman–Crippen LogP) is 5.58. The summed E-state index contributed by atoms with van der Waals surface area (Å²) >= 11 is 7.13. The molecule has 0 saturated carbocycles. The fourth-order valence-electron chi connectivity index (χ4n) is 1.65. The molecule has 0 aliphatic carbocycles. The molecule has 0 unspecified atom stereocenters. The van der Waals surface area contributed by atoms with Gasteiger partial charge in [0.15, 0.2) is 0 Å². The van der Waals surface area contributed by atoms with Crippen molar-refractivity contribution in [1.29, 1.82) is 0 Å². The second-order valence-corrected chi connectivity index (χ2v) is 11.1. The molecule has 4 heteroatoms. The van der Waals surface area contributed by atoms with E-state index in [-0.39, 0.29) is 0 Å². The topological polar surface area (TPSA) is 9.23 Å². The van der Waals surface area contributed by atoms with Crippen LogP contribution in [0.15, 0.2) is 39.3 Å².